The molecule has 7 nitrogen and oxygen atoms in total. The van der Waals surface area contributed by atoms with E-state index < -0.39 is 13.8 Å². The Hall–Kier alpha value is -0.720. The average Bonchev–Trinajstić information content (AvgIpc) is 2.20. The lowest BCUT2D eigenvalue weighted by atomic mass is 10.2. The Bertz CT molecular complexity index is 357. The molecule has 0 saturated heterocycles. The normalized spacial score (nSPS) is 14.6. The van der Waals surface area contributed by atoms with E-state index in [2.05, 4.69) is 4.52 Å². The summed E-state index contributed by atoms with van der Waals surface area (Å²) >= 11 is 0. The quantitative estimate of drug-likeness (QED) is 0.296. The molecule has 112 valence electrons. The highest BCUT2D eigenvalue weighted by molar-refractivity contribution is 7.46. The molecule has 0 spiro atoms. The molecular weight excluding hydrogens is 273 g/mol. The Balaban J connectivity index is 4.30. The second-order valence-corrected chi connectivity index (χ2v) is 6.25. The third kappa shape index (κ3) is 9.81. The topological polar surface area (TPSA) is 93.1 Å². The zero-order chi connectivity index (χ0) is 15.1. The van der Waals surface area contributed by atoms with Gasteiger partial charge in [-0.3, -0.25) is 4.52 Å². The number of carbonyl (C=O) groups is 1. The van der Waals surface area contributed by atoms with Crippen LogP contribution in [0.15, 0.2) is 12.2 Å². The second kappa shape index (κ2) is 7.77. The maximum atomic E-state index is 11.1. The third-order valence-corrected chi connectivity index (χ3v) is 3.01. The molecule has 2 N–H and O–H groups in total. The minimum absolute atomic E-state index is 0.102. The minimum Gasteiger partial charge on any atom is -0.462 e. The first-order chi connectivity index (χ1) is 8.56. The number of carbonyl (C=O) groups excluding carboxylic acids is 1. The van der Waals surface area contributed by atoms with Crippen molar-refractivity contribution in [3.05, 3.63) is 12.2 Å². The average molecular weight is 296 g/mol. The summed E-state index contributed by atoms with van der Waals surface area (Å²) in [5, 5.41) is 0. The first-order valence-corrected chi connectivity index (χ1v) is 7.40. The number of quaternary nitrogens is 1. The minimum atomic E-state index is -4.48. The molecule has 0 bridgehead atoms. The summed E-state index contributed by atoms with van der Waals surface area (Å²) in [4.78, 5) is 28.5. The van der Waals surface area contributed by atoms with E-state index >= 15 is 0 Å². The summed E-state index contributed by atoms with van der Waals surface area (Å²) in [6, 6.07) is -0.189. The summed E-state index contributed by atoms with van der Waals surface area (Å²) in [5.74, 6) is -0.432. The standard InChI is InChI=1S/C11H22NO6P/c1-5-6-11(13)17-8-7-10(12(2,3)4)9-18-19(14,15)16/h5-6,10H,7-9H2,1-4H3,(H-,14,15,16)/p+1/b6-5+. The van der Waals surface area contributed by atoms with E-state index in [-0.39, 0.29) is 19.3 Å². The molecule has 0 saturated carbocycles. The van der Waals surface area contributed by atoms with Gasteiger partial charge >= 0.3 is 13.8 Å². The molecule has 0 aliphatic carbocycles. The Kier molecular flexibility index (Phi) is 7.47. The van der Waals surface area contributed by atoms with Gasteiger partial charge in [-0.2, -0.15) is 0 Å². The van der Waals surface area contributed by atoms with Crippen LogP contribution in [0.25, 0.3) is 0 Å². The zero-order valence-electron chi connectivity index (χ0n) is 11.8. The first-order valence-electron chi connectivity index (χ1n) is 5.87. The number of likely N-dealkylation sites (N-methyl/N-ethyl adjacent to an activating group) is 1. The predicted octanol–water partition coefficient (Wildman–Crippen LogP) is 0.680. The van der Waals surface area contributed by atoms with Gasteiger partial charge in [0.15, 0.2) is 0 Å². The van der Waals surface area contributed by atoms with E-state index in [1.807, 2.05) is 21.1 Å². The van der Waals surface area contributed by atoms with Gasteiger partial charge in [-0.25, -0.2) is 9.36 Å². The lowest BCUT2D eigenvalue weighted by molar-refractivity contribution is -0.896. The van der Waals surface area contributed by atoms with Crippen LogP contribution in [-0.4, -0.2) is 60.6 Å². The van der Waals surface area contributed by atoms with Crippen LogP contribution in [-0.2, 0) is 18.6 Å². The summed E-state index contributed by atoms with van der Waals surface area (Å²) in [6.45, 7) is 1.78. The summed E-state index contributed by atoms with van der Waals surface area (Å²) in [7, 11) is 1.15. The molecule has 1 atom stereocenters. The number of hydrogen-bond acceptors (Lipinski definition) is 4. The lowest BCUT2D eigenvalue weighted by Crippen LogP contribution is -2.48. The van der Waals surface area contributed by atoms with Gasteiger partial charge in [-0.15, -0.1) is 0 Å². The second-order valence-electron chi connectivity index (χ2n) is 5.01. The molecule has 0 rings (SSSR count). The van der Waals surface area contributed by atoms with Crippen LogP contribution in [0.5, 0.6) is 0 Å². The van der Waals surface area contributed by atoms with Gasteiger partial charge in [-0.05, 0) is 6.92 Å². The molecule has 0 aromatic rings. The highest BCUT2D eigenvalue weighted by Crippen LogP contribution is 2.36. The molecule has 0 heterocycles. The first kappa shape index (κ1) is 18.3. The molecule has 0 radical (unpaired) electrons. The Labute approximate surface area is 113 Å². The van der Waals surface area contributed by atoms with E-state index in [0.29, 0.717) is 10.9 Å². The van der Waals surface area contributed by atoms with Crippen molar-refractivity contribution in [2.24, 2.45) is 0 Å². The number of hydrogen-bond donors (Lipinski definition) is 2. The highest BCUT2D eigenvalue weighted by Gasteiger charge is 2.27. The van der Waals surface area contributed by atoms with Crippen molar-refractivity contribution in [1.29, 1.82) is 0 Å². The molecule has 1 unspecified atom stereocenters. The summed E-state index contributed by atoms with van der Waals surface area (Å²) < 4.78 is 20.6. The van der Waals surface area contributed by atoms with E-state index in [4.69, 9.17) is 14.5 Å². The molecule has 0 amide bonds. The number of esters is 1. The van der Waals surface area contributed by atoms with Crippen molar-refractivity contribution in [2.45, 2.75) is 19.4 Å². The molecule has 0 aromatic heterocycles. The predicted molar refractivity (Wildman–Crippen MR) is 70.2 cm³/mol. The van der Waals surface area contributed by atoms with Gasteiger partial charge < -0.3 is 19.0 Å². The molecule has 19 heavy (non-hydrogen) atoms. The third-order valence-electron chi connectivity index (χ3n) is 2.53. The smallest absolute Gasteiger partial charge is 0.462 e. The lowest BCUT2D eigenvalue weighted by Gasteiger charge is -2.33. The van der Waals surface area contributed by atoms with Gasteiger partial charge in [-0.1, -0.05) is 6.08 Å². The monoisotopic (exact) mass is 296 g/mol. The largest absolute Gasteiger partial charge is 0.469 e. The SMILES string of the molecule is C/C=C/C(=O)OCCC(COP(=O)(O)O)[N+](C)(C)C. The molecular formula is C11H23NO6P+. The van der Waals surface area contributed by atoms with E-state index in [0.717, 1.165) is 0 Å². The Morgan fingerprint density at radius 2 is 1.95 bits per heavy atom. The van der Waals surface area contributed by atoms with Crippen molar-refractivity contribution in [3.63, 3.8) is 0 Å². The highest BCUT2D eigenvalue weighted by atomic mass is 31.2. The summed E-state index contributed by atoms with van der Waals surface area (Å²) in [5.41, 5.74) is 0. The summed E-state index contributed by atoms with van der Waals surface area (Å²) in [6.07, 6.45) is 3.34. The number of nitrogens with zero attached hydrogens (tertiary/aromatic N) is 1. The van der Waals surface area contributed by atoms with Crippen LogP contribution in [0.2, 0.25) is 0 Å². The number of phosphoric acid groups is 1. The Morgan fingerprint density at radius 1 is 1.37 bits per heavy atom. The maximum Gasteiger partial charge on any atom is 0.469 e. The molecule has 0 fully saturated rings. The fourth-order valence-electron chi connectivity index (χ4n) is 1.36. The van der Waals surface area contributed by atoms with Crippen molar-refractivity contribution < 1.29 is 32.9 Å². The molecule has 8 heteroatoms. The molecule has 0 aliphatic heterocycles. The Morgan fingerprint density at radius 3 is 2.37 bits per heavy atom. The van der Waals surface area contributed by atoms with Gasteiger partial charge in [0.05, 0.1) is 27.7 Å². The van der Waals surface area contributed by atoms with Gasteiger partial charge in [0, 0.05) is 12.5 Å². The van der Waals surface area contributed by atoms with Crippen molar-refractivity contribution in [1.82, 2.24) is 0 Å². The van der Waals surface area contributed by atoms with Crippen molar-refractivity contribution in [2.75, 3.05) is 34.4 Å². The van der Waals surface area contributed by atoms with Crippen molar-refractivity contribution in [3.8, 4) is 0 Å². The molecule has 0 aromatic carbocycles. The fraction of sp³-hybridized carbons (Fsp3) is 0.727. The van der Waals surface area contributed by atoms with Gasteiger partial charge in [0.25, 0.3) is 0 Å². The molecule has 0 aliphatic rings. The van der Waals surface area contributed by atoms with Crippen LogP contribution < -0.4 is 0 Å². The van der Waals surface area contributed by atoms with Crippen LogP contribution in [0.1, 0.15) is 13.3 Å². The maximum absolute atomic E-state index is 11.1. The van der Waals surface area contributed by atoms with Crippen LogP contribution >= 0.6 is 7.82 Å². The van der Waals surface area contributed by atoms with Crippen molar-refractivity contribution >= 4 is 13.8 Å². The number of phosphoric ester groups is 1. The van der Waals surface area contributed by atoms with E-state index in [1.165, 1.54) is 6.08 Å². The zero-order valence-corrected chi connectivity index (χ0v) is 12.7. The van der Waals surface area contributed by atoms with Crippen LogP contribution in [0.4, 0.5) is 0 Å². The van der Waals surface area contributed by atoms with E-state index in [1.54, 1.807) is 13.0 Å². The van der Waals surface area contributed by atoms with Crippen LogP contribution in [0.3, 0.4) is 0 Å². The fourth-order valence-corrected chi connectivity index (χ4v) is 1.72. The number of ether oxygens (including phenoxy) is 1. The number of rotatable bonds is 8. The van der Waals surface area contributed by atoms with Gasteiger partial charge in [0.1, 0.15) is 12.6 Å². The van der Waals surface area contributed by atoms with Gasteiger partial charge in [0.2, 0.25) is 0 Å². The van der Waals surface area contributed by atoms with Crippen LogP contribution in [0, 0.1) is 0 Å². The van der Waals surface area contributed by atoms with E-state index in [9.17, 15) is 9.36 Å². The number of allylic oxidation sites excluding steroid dienone is 1.